The summed E-state index contributed by atoms with van der Waals surface area (Å²) < 4.78 is 20.9. The first kappa shape index (κ1) is 28.5. The van der Waals surface area contributed by atoms with Crippen LogP contribution in [-0.4, -0.2) is 64.4 Å². The number of halogens is 1. The van der Waals surface area contributed by atoms with Gasteiger partial charge in [0, 0.05) is 52.6 Å². The lowest BCUT2D eigenvalue weighted by molar-refractivity contribution is -0.132. The Hall–Kier alpha value is -3.58. The number of piperidine rings is 1. The molecule has 0 spiro atoms. The minimum Gasteiger partial charge on any atom is -0.453 e. The van der Waals surface area contributed by atoms with Gasteiger partial charge in [0.1, 0.15) is 11.6 Å². The zero-order valence-corrected chi connectivity index (χ0v) is 25.6. The molecule has 6 rings (SSSR count). The van der Waals surface area contributed by atoms with E-state index in [9.17, 15) is 9.18 Å². The number of nitrogens with one attached hydrogen (secondary N) is 1. The molecule has 12 heteroatoms. The van der Waals surface area contributed by atoms with E-state index in [-0.39, 0.29) is 11.7 Å². The Balaban J connectivity index is 1.19. The molecule has 0 atom stereocenters. The highest BCUT2D eigenvalue weighted by Gasteiger charge is 2.26. The topological polar surface area (TPSA) is 83.5 Å². The average Bonchev–Trinajstić information content (AvgIpc) is 3.66. The number of ether oxygens (including phenoxy) is 1. The monoisotopic (exact) mass is 620 g/mol. The van der Waals surface area contributed by atoms with Crippen molar-refractivity contribution in [3.05, 3.63) is 77.1 Å². The zero-order chi connectivity index (χ0) is 29.1. The van der Waals surface area contributed by atoms with Crippen LogP contribution in [0.25, 0.3) is 10.2 Å². The summed E-state index contributed by atoms with van der Waals surface area (Å²) in [5, 5.41) is 8.16. The second kappa shape index (κ2) is 12.7. The highest BCUT2D eigenvalue weighted by molar-refractivity contribution is 7.99. The summed E-state index contributed by atoms with van der Waals surface area (Å²) in [5.41, 5.74) is 1.98. The molecule has 42 heavy (non-hydrogen) atoms. The summed E-state index contributed by atoms with van der Waals surface area (Å²) in [7, 11) is 3.82. The molecule has 1 aliphatic heterocycles. The Labute approximate surface area is 255 Å². The van der Waals surface area contributed by atoms with Crippen LogP contribution in [0.15, 0.2) is 75.4 Å². The van der Waals surface area contributed by atoms with E-state index in [0.29, 0.717) is 34.9 Å². The Morgan fingerprint density at radius 1 is 1.14 bits per heavy atom. The number of fused-ring (bicyclic) bond motifs is 1. The van der Waals surface area contributed by atoms with E-state index in [1.54, 1.807) is 41.4 Å². The summed E-state index contributed by atoms with van der Waals surface area (Å²) >= 11 is 4.76. The molecular formula is C30H29FN6O2S3. The van der Waals surface area contributed by atoms with Gasteiger partial charge in [0.2, 0.25) is 5.91 Å². The quantitative estimate of drug-likeness (QED) is 0.185. The fourth-order valence-electron chi connectivity index (χ4n) is 4.77. The fraction of sp³-hybridized carbons (Fsp3) is 0.267. The number of hydrogen-bond donors (Lipinski definition) is 1. The third-order valence-electron chi connectivity index (χ3n) is 6.87. The molecule has 1 fully saturated rings. The van der Waals surface area contributed by atoms with E-state index in [0.717, 1.165) is 51.6 Å². The smallest absolute Gasteiger partial charge is 0.236 e. The van der Waals surface area contributed by atoms with Gasteiger partial charge in [-0.05, 0) is 68.7 Å². The number of anilines is 2. The first-order chi connectivity index (χ1) is 20.4. The number of thiophene rings is 1. The van der Waals surface area contributed by atoms with E-state index in [4.69, 9.17) is 14.7 Å². The number of likely N-dealkylation sites (N-methyl/N-ethyl adjacent to an activating group) is 1. The van der Waals surface area contributed by atoms with Gasteiger partial charge in [-0.3, -0.25) is 9.78 Å². The van der Waals surface area contributed by atoms with Crippen molar-refractivity contribution in [3.63, 3.8) is 0 Å². The zero-order valence-electron chi connectivity index (χ0n) is 23.1. The van der Waals surface area contributed by atoms with Crippen LogP contribution in [0.5, 0.6) is 11.5 Å². The van der Waals surface area contributed by atoms with E-state index in [1.807, 2.05) is 53.7 Å². The number of aromatic nitrogens is 3. The number of pyridine rings is 2. The van der Waals surface area contributed by atoms with Crippen LogP contribution in [0, 0.1) is 5.82 Å². The number of likely N-dealkylation sites (tertiary alicyclic amines) is 1. The summed E-state index contributed by atoms with van der Waals surface area (Å²) in [6, 6.07) is 11.8. The molecule has 216 valence electrons. The van der Waals surface area contributed by atoms with Crippen molar-refractivity contribution in [2.75, 3.05) is 39.0 Å². The van der Waals surface area contributed by atoms with Crippen LogP contribution in [0.2, 0.25) is 0 Å². The lowest BCUT2D eigenvalue weighted by Crippen LogP contribution is -2.42. The van der Waals surface area contributed by atoms with Crippen LogP contribution in [0.1, 0.15) is 24.5 Å². The molecule has 1 aliphatic rings. The molecule has 0 radical (unpaired) electrons. The lowest BCUT2D eigenvalue weighted by Gasteiger charge is -2.32. The van der Waals surface area contributed by atoms with Gasteiger partial charge in [-0.25, -0.2) is 14.4 Å². The molecule has 8 nitrogen and oxygen atoms in total. The minimum atomic E-state index is -0.330. The molecule has 5 heterocycles. The van der Waals surface area contributed by atoms with Crippen molar-refractivity contribution < 1.29 is 13.9 Å². The maximum absolute atomic E-state index is 13.6. The summed E-state index contributed by atoms with van der Waals surface area (Å²) in [6.07, 6.45) is 5.39. The second-order valence-electron chi connectivity index (χ2n) is 10.2. The SMILES string of the molecule is CN(C)CC(=O)N1CCC(c2csc(Nc3ncc(Sc4ccnc5ccsc45)cc3Oc3ccc(F)cc3)n2)CC1. The van der Waals surface area contributed by atoms with Crippen LogP contribution in [-0.2, 0) is 4.79 Å². The van der Waals surface area contributed by atoms with Crippen molar-refractivity contribution in [1.29, 1.82) is 0 Å². The second-order valence-corrected chi connectivity index (χ2v) is 13.1. The molecule has 5 aromatic rings. The predicted molar refractivity (Wildman–Crippen MR) is 167 cm³/mol. The third kappa shape index (κ3) is 6.73. The molecule has 1 saturated heterocycles. The van der Waals surface area contributed by atoms with E-state index in [2.05, 4.69) is 15.7 Å². The van der Waals surface area contributed by atoms with Gasteiger partial charge in [0.25, 0.3) is 0 Å². The number of amides is 1. The number of nitrogens with zero attached hydrogens (tertiary/aromatic N) is 5. The summed E-state index contributed by atoms with van der Waals surface area (Å²) in [4.78, 5) is 32.3. The fourth-order valence-corrected chi connectivity index (χ4v) is 7.44. The largest absolute Gasteiger partial charge is 0.453 e. The van der Waals surface area contributed by atoms with E-state index < -0.39 is 0 Å². The average molecular weight is 621 g/mol. The lowest BCUT2D eigenvalue weighted by atomic mass is 9.94. The molecule has 1 amide bonds. The molecule has 1 N–H and O–H groups in total. The molecule has 1 aromatic carbocycles. The normalized spacial score (nSPS) is 14.0. The summed E-state index contributed by atoms with van der Waals surface area (Å²) in [6.45, 7) is 1.91. The van der Waals surface area contributed by atoms with Gasteiger partial charge in [0.15, 0.2) is 16.7 Å². The Morgan fingerprint density at radius 2 is 1.95 bits per heavy atom. The van der Waals surface area contributed by atoms with Crippen molar-refractivity contribution in [1.82, 2.24) is 24.8 Å². The van der Waals surface area contributed by atoms with Crippen molar-refractivity contribution in [3.8, 4) is 11.5 Å². The standard InChI is InChI=1S/C30H29FN6O2S3/c1-36(2)17-27(38)37-12-8-19(9-13-37)24-18-41-30(34-24)35-29-25(39-21-5-3-20(31)4-6-21)15-22(16-33-29)42-26-7-11-32-23-10-14-40-28(23)26/h3-7,10-11,14-16,18-19H,8-9,12-13,17H2,1-2H3,(H,33,34,35). The third-order valence-corrected chi connectivity index (χ3v) is 9.73. The number of rotatable bonds is 9. The van der Waals surface area contributed by atoms with Gasteiger partial charge in [-0.1, -0.05) is 11.8 Å². The van der Waals surface area contributed by atoms with Crippen molar-refractivity contribution >= 4 is 61.5 Å². The van der Waals surface area contributed by atoms with Crippen LogP contribution in [0.3, 0.4) is 0 Å². The van der Waals surface area contributed by atoms with Gasteiger partial charge >= 0.3 is 0 Å². The van der Waals surface area contributed by atoms with Crippen molar-refractivity contribution in [2.24, 2.45) is 0 Å². The summed E-state index contributed by atoms with van der Waals surface area (Å²) in [5.74, 6) is 1.67. The van der Waals surface area contributed by atoms with Crippen LogP contribution >= 0.6 is 34.4 Å². The Kier molecular flexibility index (Phi) is 8.66. The van der Waals surface area contributed by atoms with E-state index >= 15 is 0 Å². The predicted octanol–water partition coefficient (Wildman–Crippen LogP) is 7.24. The number of hydrogen-bond acceptors (Lipinski definition) is 10. The van der Waals surface area contributed by atoms with Crippen molar-refractivity contribution in [2.45, 2.75) is 28.6 Å². The molecular weight excluding hydrogens is 592 g/mol. The van der Waals surface area contributed by atoms with Gasteiger partial charge in [-0.2, -0.15) is 0 Å². The first-order valence-corrected chi connectivity index (χ1v) is 16.1. The molecule has 4 aromatic heterocycles. The van der Waals surface area contributed by atoms with Gasteiger partial charge in [-0.15, -0.1) is 22.7 Å². The Bertz CT molecular complexity index is 1680. The van der Waals surface area contributed by atoms with Crippen LogP contribution in [0.4, 0.5) is 15.3 Å². The Morgan fingerprint density at radius 3 is 2.74 bits per heavy atom. The number of thiazole rings is 1. The number of benzene rings is 1. The van der Waals surface area contributed by atoms with Gasteiger partial charge in [0.05, 0.1) is 22.5 Å². The molecule has 0 aliphatic carbocycles. The molecule has 0 unspecified atom stereocenters. The minimum absolute atomic E-state index is 0.171. The highest BCUT2D eigenvalue weighted by atomic mass is 32.2. The molecule has 0 saturated carbocycles. The first-order valence-electron chi connectivity index (χ1n) is 13.5. The maximum Gasteiger partial charge on any atom is 0.236 e. The van der Waals surface area contributed by atoms with E-state index in [1.165, 1.54) is 23.5 Å². The molecule has 0 bridgehead atoms. The number of carbonyl (C=O) groups excluding carboxylic acids is 1. The van der Waals surface area contributed by atoms with Gasteiger partial charge < -0.3 is 19.9 Å². The maximum atomic E-state index is 13.6. The highest BCUT2D eigenvalue weighted by Crippen LogP contribution is 2.40. The number of carbonyl (C=O) groups is 1. The van der Waals surface area contributed by atoms with Crippen LogP contribution < -0.4 is 10.1 Å².